The van der Waals surface area contributed by atoms with Gasteiger partial charge in [0.25, 0.3) is 5.91 Å². The molecule has 3 rings (SSSR count). The molecule has 2 unspecified atom stereocenters. The van der Waals surface area contributed by atoms with Gasteiger partial charge in [-0.2, -0.15) is 0 Å². The lowest BCUT2D eigenvalue weighted by atomic mass is 9.82. The molecule has 3 atom stereocenters. The van der Waals surface area contributed by atoms with Crippen LogP contribution >= 0.6 is 0 Å². The number of hydrogen-bond donors (Lipinski definition) is 1. The number of carbonyl (C=O) groups excluding carboxylic acids is 2. The van der Waals surface area contributed by atoms with Gasteiger partial charge in [-0.05, 0) is 32.3 Å². The van der Waals surface area contributed by atoms with Crippen LogP contribution in [0.5, 0.6) is 0 Å². The summed E-state index contributed by atoms with van der Waals surface area (Å²) in [4.78, 5) is 26.0. The Morgan fingerprint density at radius 2 is 2.04 bits per heavy atom. The van der Waals surface area contributed by atoms with Gasteiger partial charge in [0, 0.05) is 0 Å². The zero-order valence-corrected chi connectivity index (χ0v) is 13.9. The van der Waals surface area contributed by atoms with Crippen LogP contribution in [0.2, 0.25) is 0 Å². The number of esters is 1. The van der Waals surface area contributed by atoms with Crippen molar-refractivity contribution in [1.82, 2.24) is 4.90 Å². The van der Waals surface area contributed by atoms with Crippen LogP contribution in [-0.2, 0) is 14.3 Å². The van der Waals surface area contributed by atoms with Gasteiger partial charge in [-0.1, -0.05) is 30.3 Å². The molecule has 1 amide bonds. The van der Waals surface area contributed by atoms with Gasteiger partial charge in [-0.25, -0.2) is 4.39 Å². The number of amides is 1. The van der Waals surface area contributed by atoms with Crippen molar-refractivity contribution in [2.45, 2.75) is 44.5 Å². The summed E-state index contributed by atoms with van der Waals surface area (Å²) < 4.78 is 19.8. The maximum atomic E-state index is 14.8. The van der Waals surface area contributed by atoms with Crippen LogP contribution in [0.1, 0.15) is 38.3 Å². The maximum absolute atomic E-state index is 14.8. The van der Waals surface area contributed by atoms with Crippen LogP contribution in [0, 0.1) is 5.41 Å². The van der Waals surface area contributed by atoms with Crippen LogP contribution in [0.4, 0.5) is 4.39 Å². The SMILES string of the molecule is CCOC(=O)C1(C2(O)CN([C@@H](C)c3ccccc3)C(=O)C2F)CC1. The normalized spacial score (nSPS) is 29.4. The van der Waals surface area contributed by atoms with E-state index in [1.807, 2.05) is 30.3 Å². The Morgan fingerprint density at radius 3 is 2.58 bits per heavy atom. The highest BCUT2D eigenvalue weighted by Gasteiger charge is 2.73. The number of alkyl halides is 1. The quantitative estimate of drug-likeness (QED) is 0.836. The van der Waals surface area contributed by atoms with Gasteiger partial charge in [0.05, 0.1) is 19.2 Å². The minimum Gasteiger partial charge on any atom is -0.465 e. The lowest BCUT2D eigenvalue weighted by Crippen LogP contribution is -2.52. The van der Waals surface area contributed by atoms with Crippen LogP contribution < -0.4 is 0 Å². The van der Waals surface area contributed by atoms with E-state index in [0.717, 1.165) is 5.56 Å². The van der Waals surface area contributed by atoms with Crippen molar-refractivity contribution in [3.05, 3.63) is 35.9 Å². The summed E-state index contributed by atoms with van der Waals surface area (Å²) in [7, 11) is 0. The van der Waals surface area contributed by atoms with Gasteiger partial charge < -0.3 is 14.7 Å². The number of ether oxygens (including phenoxy) is 1. The molecule has 1 aromatic rings. The number of halogens is 1. The third-order valence-corrected chi connectivity index (χ3v) is 5.32. The Balaban J connectivity index is 1.88. The van der Waals surface area contributed by atoms with Crippen molar-refractivity contribution in [3.63, 3.8) is 0 Å². The molecule has 6 heteroatoms. The highest BCUT2D eigenvalue weighted by molar-refractivity contribution is 5.90. The predicted octanol–water partition coefficient (Wildman–Crippen LogP) is 2.00. The molecule has 0 spiro atoms. The molecule has 0 aromatic heterocycles. The van der Waals surface area contributed by atoms with Gasteiger partial charge in [0.1, 0.15) is 11.0 Å². The number of aliphatic hydroxyl groups is 1. The molecular weight excluding hydrogens is 313 g/mol. The molecule has 24 heavy (non-hydrogen) atoms. The first kappa shape index (κ1) is 16.9. The fourth-order valence-electron chi connectivity index (χ4n) is 3.61. The predicted molar refractivity (Wildman–Crippen MR) is 84.7 cm³/mol. The second kappa shape index (κ2) is 5.84. The molecule has 5 nitrogen and oxygen atoms in total. The van der Waals surface area contributed by atoms with E-state index in [-0.39, 0.29) is 19.2 Å². The highest BCUT2D eigenvalue weighted by Crippen LogP contribution is 2.59. The topological polar surface area (TPSA) is 66.8 Å². The van der Waals surface area contributed by atoms with Crippen molar-refractivity contribution in [1.29, 1.82) is 0 Å². The number of carbonyl (C=O) groups is 2. The minimum absolute atomic E-state index is 0.158. The van der Waals surface area contributed by atoms with Crippen molar-refractivity contribution in [3.8, 4) is 0 Å². The van der Waals surface area contributed by atoms with E-state index < -0.39 is 29.1 Å². The van der Waals surface area contributed by atoms with Gasteiger partial charge in [-0.15, -0.1) is 0 Å². The summed E-state index contributed by atoms with van der Waals surface area (Å²) in [6, 6.07) is 8.85. The van der Waals surface area contributed by atoms with E-state index in [9.17, 15) is 19.1 Å². The molecule has 130 valence electrons. The zero-order valence-electron chi connectivity index (χ0n) is 13.9. The Morgan fingerprint density at radius 1 is 1.42 bits per heavy atom. The molecule has 0 bridgehead atoms. The van der Waals surface area contributed by atoms with Crippen LogP contribution in [0.25, 0.3) is 0 Å². The second-order valence-corrected chi connectivity index (χ2v) is 6.64. The maximum Gasteiger partial charge on any atom is 0.315 e. The largest absolute Gasteiger partial charge is 0.465 e. The molecule has 1 N–H and O–H groups in total. The summed E-state index contributed by atoms with van der Waals surface area (Å²) in [5.41, 5.74) is -2.48. The monoisotopic (exact) mass is 335 g/mol. The lowest BCUT2D eigenvalue weighted by Gasteiger charge is -2.32. The summed E-state index contributed by atoms with van der Waals surface area (Å²) in [5, 5.41) is 10.9. The van der Waals surface area contributed by atoms with Gasteiger partial charge in [-0.3, -0.25) is 9.59 Å². The average molecular weight is 335 g/mol. The lowest BCUT2D eigenvalue weighted by molar-refractivity contribution is -0.166. The molecule has 1 aliphatic heterocycles. The molecule has 1 aromatic carbocycles. The van der Waals surface area contributed by atoms with E-state index in [1.165, 1.54) is 4.90 Å². The average Bonchev–Trinajstić information content (AvgIpc) is 3.37. The number of hydrogen-bond acceptors (Lipinski definition) is 4. The first-order valence-corrected chi connectivity index (χ1v) is 8.26. The van der Waals surface area contributed by atoms with E-state index in [0.29, 0.717) is 12.8 Å². The summed E-state index contributed by atoms with van der Waals surface area (Å²) in [6.45, 7) is 3.40. The third-order valence-electron chi connectivity index (χ3n) is 5.32. The molecule has 1 saturated carbocycles. The number of rotatable bonds is 5. The van der Waals surface area contributed by atoms with E-state index in [1.54, 1.807) is 13.8 Å². The second-order valence-electron chi connectivity index (χ2n) is 6.64. The van der Waals surface area contributed by atoms with Crippen molar-refractivity contribution in [2.24, 2.45) is 5.41 Å². The first-order valence-electron chi connectivity index (χ1n) is 8.26. The fraction of sp³-hybridized carbons (Fsp3) is 0.556. The first-order chi connectivity index (χ1) is 11.4. The Hall–Kier alpha value is -1.95. The molecule has 1 saturated heterocycles. The standard InChI is InChI=1S/C18H22FNO4/c1-3-24-16(22)17(9-10-17)18(23)11-20(15(21)14(18)19)12(2)13-7-5-4-6-8-13/h4-8,12,14,23H,3,9-11H2,1-2H3/t12-,14?,18?/m0/s1. The summed E-state index contributed by atoms with van der Waals surface area (Å²) in [6.07, 6.45) is -1.44. The number of benzene rings is 1. The molecule has 1 aliphatic carbocycles. The third kappa shape index (κ3) is 2.32. The number of nitrogens with zero attached hydrogens (tertiary/aromatic N) is 1. The van der Waals surface area contributed by atoms with E-state index >= 15 is 0 Å². The highest BCUT2D eigenvalue weighted by atomic mass is 19.1. The Labute approximate surface area is 140 Å². The van der Waals surface area contributed by atoms with Crippen molar-refractivity contribution in [2.75, 3.05) is 13.2 Å². The van der Waals surface area contributed by atoms with E-state index in [2.05, 4.69) is 0 Å². The van der Waals surface area contributed by atoms with Crippen molar-refractivity contribution < 1.29 is 23.8 Å². The van der Waals surface area contributed by atoms with Crippen LogP contribution in [0.3, 0.4) is 0 Å². The van der Waals surface area contributed by atoms with E-state index in [4.69, 9.17) is 4.74 Å². The minimum atomic E-state index is -2.12. The molecule has 1 heterocycles. The zero-order chi connectivity index (χ0) is 17.5. The van der Waals surface area contributed by atoms with Gasteiger partial charge >= 0.3 is 5.97 Å². The Bertz CT molecular complexity index is 646. The number of likely N-dealkylation sites (tertiary alicyclic amines) is 1. The summed E-state index contributed by atoms with van der Waals surface area (Å²) in [5.74, 6) is -1.39. The molecular formula is C18H22FNO4. The molecule has 2 fully saturated rings. The Kier molecular flexibility index (Phi) is 4.11. The molecule has 2 aliphatic rings. The van der Waals surface area contributed by atoms with Gasteiger partial charge in [0.15, 0.2) is 0 Å². The van der Waals surface area contributed by atoms with Crippen LogP contribution in [0.15, 0.2) is 30.3 Å². The smallest absolute Gasteiger partial charge is 0.315 e. The fourth-order valence-corrected chi connectivity index (χ4v) is 3.61. The summed E-state index contributed by atoms with van der Waals surface area (Å²) >= 11 is 0. The van der Waals surface area contributed by atoms with Crippen LogP contribution in [-0.4, -0.2) is 46.8 Å². The number of β-amino-alcohol motifs (C(OH)–C–C–N with tert-alkyl or cyclic N) is 1. The molecule has 0 radical (unpaired) electrons. The van der Waals surface area contributed by atoms with Crippen molar-refractivity contribution >= 4 is 11.9 Å². The van der Waals surface area contributed by atoms with Gasteiger partial charge in [0.2, 0.25) is 6.17 Å².